The molecule has 2 aromatic rings. The Labute approximate surface area is 217 Å². The molecule has 0 aromatic heterocycles. The Morgan fingerprint density at radius 3 is 2.30 bits per heavy atom. The number of benzene rings is 2. The normalized spacial score (nSPS) is 18.4. The second-order valence-corrected chi connectivity index (χ2v) is 9.34. The van der Waals surface area contributed by atoms with Gasteiger partial charge in [-0.25, -0.2) is 18.0 Å². The summed E-state index contributed by atoms with van der Waals surface area (Å²) in [6, 6.07) is 9.29. The summed E-state index contributed by atoms with van der Waals surface area (Å²) in [5.74, 6) is -2.59. The average Bonchev–Trinajstić information content (AvgIpc) is 2.90. The second kappa shape index (κ2) is 13.3. The highest BCUT2D eigenvalue weighted by Crippen LogP contribution is 2.40. The molecule has 1 aliphatic carbocycles. The van der Waals surface area contributed by atoms with Gasteiger partial charge in [0.2, 0.25) is 0 Å². The minimum atomic E-state index is -0.880. The highest BCUT2D eigenvalue weighted by molar-refractivity contribution is 5.91. The lowest BCUT2D eigenvalue weighted by molar-refractivity contribution is 0.0635. The zero-order valence-electron chi connectivity index (χ0n) is 21.8. The summed E-state index contributed by atoms with van der Waals surface area (Å²) in [6.45, 7) is 9.20. The fraction of sp³-hybridized carbons (Fsp3) is 0.387. The van der Waals surface area contributed by atoms with Crippen molar-refractivity contribution in [2.75, 3.05) is 6.61 Å². The van der Waals surface area contributed by atoms with E-state index >= 15 is 8.78 Å². The monoisotopic (exact) mass is 512 g/mol. The van der Waals surface area contributed by atoms with Crippen LogP contribution in [0, 0.1) is 17.6 Å². The fourth-order valence-electron chi connectivity index (χ4n) is 4.85. The Kier molecular flexibility index (Phi) is 10.2. The molecule has 0 bridgehead atoms. The topological polar surface area (TPSA) is 35.5 Å². The predicted molar refractivity (Wildman–Crippen MR) is 141 cm³/mol. The van der Waals surface area contributed by atoms with E-state index in [4.69, 9.17) is 9.47 Å². The van der Waals surface area contributed by atoms with E-state index in [0.717, 1.165) is 38.2 Å². The van der Waals surface area contributed by atoms with Crippen molar-refractivity contribution in [1.29, 1.82) is 0 Å². The Morgan fingerprint density at radius 2 is 1.70 bits per heavy atom. The van der Waals surface area contributed by atoms with E-state index in [9.17, 15) is 9.18 Å². The summed E-state index contributed by atoms with van der Waals surface area (Å²) in [5, 5.41) is 0. The van der Waals surface area contributed by atoms with E-state index in [-0.39, 0.29) is 35.2 Å². The number of allylic oxidation sites excluding steroid dienone is 3. The molecule has 3 nitrogen and oxygen atoms in total. The number of ether oxygens (including phenoxy) is 2. The molecule has 6 heteroatoms. The molecule has 2 aromatic carbocycles. The van der Waals surface area contributed by atoms with Gasteiger partial charge in [0.1, 0.15) is 11.5 Å². The van der Waals surface area contributed by atoms with E-state index in [1.165, 1.54) is 36.8 Å². The maximum absolute atomic E-state index is 15.1. The van der Waals surface area contributed by atoms with Crippen LogP contribution < -0.4 is 0 Å². The first-order valence-corrected chi connectivity index (χ1v) is 12.9. The number of carbonyl (C=O) groups excluding carboxylic acids is 1. The lowest BCUT2D eigenvalue weighted by Crippen LogP contribution is -2.15. The first kappa shape index (κ1) is 28.3. The first-order chi connectivity index (χ1) is 17.8. The van der Waals surface area contributed by atoms with Crippen LogP contribution in [-0.4, -0.2) is 12.6 Å². The van der Waals surface area contributed by atoms with Crippen LogP contribution in [0.4, 0.5) is 13.2 Å². The van der Waals surface area contributed by atoms with Gasteiger partial charge in [-0.15, -0.1) is 0 Å². The smallest absolute Gasteiger partial charge is 0.343 e. The van der Waals surface area contributed by atoms with Crippen molar-refractivity contribution in [3.8, 4) is 11.1 Å². The molecule has 0 N–H and O–H groups in total. The summed E-state index contributed by atoms with van der Waals surface area (Å²) >= 11 is 0. The van der Waals surface area contributed by atoms with Gasteiger partial charge in [-0.3, -0.25) is 0 Å². The number of esters is 1. The quantitative estimate of drug-likeness (QED) is 0.181. The number of hydrogen-bond donors (Lipinski definition) is 0. The maximum Gasteiger partial charge on any atom is 0.343 e. The van der Waals surface area contributed by atoms with Gasteiger partial charge < -0.3 is 9.47 Å². The summed E-state index contributed by atoms with van der Waals surface area (Å²) < 4.78 is 54.5. The third kappa shape index (κ3) is 7.15. The predicted octanol–water partition coefficient (Wildman–Crippen LogP) is 9.17. The molecular weight excluding hydrogens is 477 g/mol. The summed E-state index contributed by atoms with van der Waals surface area (Å²) in [7, 11) is 0. The minimum absolute atomic E-state index is 0.0140. The van der Waals surface area contributed by atoms with Gasteiger partial charge >= 0.3 is 5.97 Å². The largest absolute Gasteiger partial charge is 0.491 e. The molecule has 0 saturated heterocycles. The Hall–Kier alpha value is -3.28. The van der Waals surface area contributed by atoms with Crippen molar-refractivity contribution < 1.29 is 27.4 Å². The van der Waals surface area contributed by atoms with Gasteiger partial charge in [0.15, 0.2) is 17.5 Å². The molecule has 1 saturated carbocycles. The van der Waals surface area contributed by atoms with E-state index in [1.807, 2.05) is 0 Å². The number of hydrogen-bond acceptors (Lipinski definition) is 3. The highest BCUT2D eigenvalue weighted by Gasteiger charge is 2.26. The van der Waals surface area contributed by atoms with Gasteiger partial charge in [-0.2, -0.15) is 0 Å². The lowest BCUT2D eigenvalue weighted by Gasteiger charge is -2.29. The number of carbonyl (C=O) groups is 1. The molecular formula is C31H35F3O3. The van der Waals surface area contributed by atoms with Crippen LogP contribution in [0.15, 0.2) is 72.5 Å². The van der Waals surface area contributed by atoms with Crippen LogP contribution in [0.3, 0.4) is 0 Å². The van der Waals surface area contributed by atoms with Crippen molar-refractivity contribution in [2.24, 2.45) is 5.92 Å². The Bertz CT molecular complexity index is 1160. The Morgan fingerprint density at radius 1 is 1.03 bits per heavy atom. The van der Waals surface area contributed by atoms with Crippen LogP contribution in [0.25, 0.3) is 11.1 Å². The highest BCUT2D eigenvalue weighted by atomic mass is 19.2. The third-order valence-corrected chi connectivity index (χ3v) is 6.88. The van der Waals surface area contributed by atoms with Gasteiger partial charge in [0.25, 0.3) is 0 Å². The van der Waals surface area contributed by atoms with Crippen molar-refractivity contribution >= 4 is 5.97 Å². The summed E-state index contributed by atoms with van der Waals surface area (Å²) in [5.41, 5.74) is 1.20. The molecule has 0 heterocycles. The molecule has 0 aliphatic heterocycles. The molecule has 0 radical (unpaired) electrons. The summed E-state index contributed by atoms with van der Waals surface area (Å²) in [4.78, 5) is 12.5. The standard InChI is InChI=1S/C31H35F3O3/c1-5-8-21-9-11-22(12-10-21)26-17-18-27(30(34)29(26)33)23-13-15-24(16-14-23)31(35)37-25(6-2)19-28(32)20(4)36-7-3/h6,13-19,21-22H,4-5,7-12H2,1-3H3/b25-6+,28-19+. The van der Waals surface area contributed by atoms with Crippen LogP contribution in [0.5, 0.6) is 0 Å². The zero-order chi connectivity index (χ0) is 26.9. The van der Waals surface area contributed by atoms with Crippen molar-refractivity contribution in [3.63, 3.8) is 0 Å². The van der Waals surface area contributed by atoms with Gasteiger partial charge in [-0.05, 0) is 80.7 Å². The molecule has 0 unspecified atom stereocenters. The van der Waals surface area contributed by atoms with E-state index in [0.29, 0.717) is 17.0 Å². The van der Waals surface area contributed by atoms with E-state index < -0.39 is 23.4 Å². The van der Waals surface area contributed by atoms with Gasteiger partial charge in [-0.1, -0.05) is 50.6 Å². The molecule has 0 atom stereocenters. The Balaban J connectivity index is 1.71. The van der Waals surface area contributed by atoms with Crippen molar-refractivity contribution in [2.45, 2.75) is 65.2 Å². The lowest BCUT2D eigenvalue weighted by atomic mass is 9.77. The number of halogens is 3. The van der Waals surface area contributed by atoms with Gasteiger partial charge in [0.05, 0.1) is 12.2 Å². The fourth-order valence-corrected chi connectivity index (χ4v) is 4.85. The number of rotatable bonds is 10. The molecule has 3 rings (SSSR count). The molecule has 0 amide bonds. The van der Waals surface area contributed by atoms with Crippen molar-refractivity contribution in [3.05, 3.63) is 95.2 Å². The molecule has 198 valence electrons. The second-order valence-electron chi connectivity index (χ2n) is 9.34. The SMILES string of the molecule is C=C(OCC)/C(F)=C\C(=C/C)OC(=O)c1ccc(-c2ccc(C3CCC(CCC)CC3)c(F)c2F)cc1. The van der Waals surface area contributed by atoms with E-state index in [1.54, 1.807) is 26.0 Å². The van der Waals surface area contributed by atoms with Crippen LogP contribution in [-0.2, 0) is 9.47 Å². The third-order valence-electron chi connectivity index (χ3n) is 6.88. The van der Waals surface area contributed by atoms with Crippen LogP contribution in [0.2, 0.25) is 0 Å². The molecule has 0 spiro atoms. The van der Waals surface area contributed by atoms with Gasteiger partial charge in [0, 0.05) is 11.6 Å². The molecule has 1 aliphatic rings. The van der Waals surface area contributed by atoms with Crippen LogP contribution >= 0.6 is 0 Å². The van der Waals surface area contributed by atoms with Crippen LogP contribution in [0.1, 0.15) is 81.1 Å². The first-order valence-electron chi connectivity index (χ1n) is 12.9. The molecule has 1 fully saturated rings. The minimum Gasteiger partial charge on any atom is -0.491 e. The molecule has 37 heavy (non-hydrogen) atoms. The average molecular weight is 513 g/mol. The summed E-state index contributed by atoms with van der Waals surface area (Å²) in [6.07, 6.45) is 8.66. The van der Waals surface area contributed by atoms with E-state index in [2.05, 4.69) is 13.5 Å². The maximum atomic E-state index is 15.1. The van der Waals surface area contributed by atoms with Crippen molar-refractivity contribution in [1.82, 2.24) is 0 Å². The zero-order valence-corrected chi connectivity index (χ0v) is 21.8.